The van der Waals surface area contributed by atoms with Crippen molar-refractivity contribution >= 4 is 67.7 Å². The van der Waals surface area contributed by atoms with Gasteiger partial charge in [0.15, 0.2) is 0 Å². The smallest absolute Gasteiger partial charge is 0.307 e. The van der Waals surface area contributed by atoms with Crippen LogP contribution in [-0.2, 0) is 37.1 Å². The molecule has 5 aromatic carbocycles. The zero-order valence-corrected chi connectivity index (χ0v) is 34.7. The van der Waals surface area contributed by atoms with E-state index >= 15 is 0 Å². The van der Waals surface area contributed by atoms with E-state index in [9.17, 15) is 79.0 Å². The second-order valence-corrected chi connectivity index (χ2v) is 21.6. The predicted molar refractivity (Wildman–Crippen MR) is 207 cm³/mol. The summed E-state index contributed by atoms with van der Waals surface area (Å²) in [6.07, 6.45) is -39.4. The fourth-order valence-corrected chi connectivity index (χ4v) is 8.65. The van der Waals surface area contributed by atoms with Gasteiger partial charge in [0, 0.05) is 0 Å². The van der Waals surface area contributed by atoms with Gasteiger partial charge in [0.25, 0.3) is 6.69 Å². The van der Waals surface area contributed by atoms with E-state index in [1.54, 1.807) is 0 Å². The molecule has 0 aliphatic heterocycles. The monoisotopic (exact) mass is 975 g/mol. The number of hydrogen-bond donors (Lipinski definition) is 1. The molecule has 0 fully saturated rings. The highest BCUT2D eigenvalue weighted by Gasteiger charge is 2.45. The zero-order valence-electron chi connectivity index (χ0n) is 32.2. The Hall–Kier alpha value is -4.34. The van der Waals surface area contributed by atoms with Crippen LogP contribution in [0.5, 0.6) is 0 Å². The highest BCUT2D eigenvalue weighted by molar-refractivity contribution is 7.51. The van der Waals surface area contributed by atoms with Crippen molar-refractivity contribution in [2.45, 2.75) is 50.0 Å². The molecule has 0 saturated heterocycles. The summed E-state index contributed by atoms with van der Waals surface area (Å²) in [7, 11) is 4.24. The van der Waals surface area contributed by atoms with Crippen LogP contribution < -0.4 is 31.9 Å². The van der Waals surface area contributed by atoms with Gasteiger partial charge in [-0.2, -0.15) is 101 Å². The highest BCUT2D eigenvalue weighted by atomic mass is 35.7. The molecule has 0 atom stereocenters. The Bertz CT molecular complexity index is 2090. The predicted octanol–water partition coefficient (Wildman–Crippen LogP) is 10.8. The van der Waals surface area contributed by atoms with Gasteiger partial charge in [0.2, 0.25) is 0 Å². The number of rotatable bonds is 7. The van der Waals surface area contributed by atoms with Gasteiger partial charge in [-0.1, -0.05) is 85.8 Å². The average molecular weight is 976 g/mol. The summed E-state index contributed by atoms with van der Waals surface area (Å²) >= 11 is 12.7. The van der Waals surface area contributed by atoms with Crippen molar-refractivity contribution in [1.29, 1.82) is 0 Å². The Balaban J connectivity index is 0.000000858. The average Bonchev–Trinajstić information content (AvgIpc) is 3.16. The lowest BCUT2D eigenvalue weighted by molar-refractivity contribution is -0.786. The van der Waals surface area contributed by atoms with Crippen LogP contribution in [0.3, 0.4) is 0 Å². The molecule has 5 aromatic rings. The van der Waals surface area contributed by atoms with Crippen molar-refractivity contribution in [3.05, 3.63) is 143 Å². The Labute approximate surface area is 357 Å². The first-order valence-corrected chi connectivity index (χ1v) is 22.2. The molecule has 63 heavy (non-hydrogen) atoms. The van der Waals surface area contributed by atoms with Crippen LogP contribution in [0.1, 0.15) is 40.3 Å². The van der Waals surface area contributed by atoms with Gasteiger partial charge in [-0.05, 0) is 41.6 Å². The van der Waals surface area contributed by atoms with Gasteiger partial charge in [-0.25, -0.2) is 0 Å². The summed E-state index contributed by atoms with van der Waals surface area (Å²) in [5.74, 6) is 0. The summed E-state index contributed by atoms with van der Waals surface area (Å²) in [5.41, 5.74) is -17.7. The number of nitrogens with one attached hydrogen (secondary N) is 1. The van der Waals surface area contributed by atoms with E-state index in [0.29, 0.717) is 12.1 Å². The summed E-state index contributed by atoms with van der Waals surface area (Å²) in [4.78, 5) is 1.37. The van der Waals surface area contributed by atoms with Gasteiger partial charge < -0.3 is 4.90 Å². The van der Waals surface area contributed by atoms with E-state index in [2.05, 4.69) is 38.4 Å². The van der Waals surface area contributed by atoms with Crippen molar-refractivity contribution < 1.29 is 83.9 Å². The second-order valence-electron chi connectivity index (χ2n) is 14.4. The molecule has 0 saturated carbocycles. The second kappa shape index (κ2) is 17.9. The lowest BCUT2D eigenvalue weighted by Gasteiger charge is -2.46. The van der Waals surface area contributed by atoms with Gasteiger partial charge >= 0.3 is 37.1 Å². The number of alkyl halides is 18. The third-order valence-electron chi connectivity index (χ3n) is 9.96. The van der Waals surface area contributed by atoms with Crippen LogP contribution in [0.25, 0.3) is 0 Å². The van der Waals surface area contributed by atoms with E-state index in [0.717, 1.165) is 12.1 Å². The van der Waals surface area contributed by atoms with Gasteiger partial charge in [-0.15, -0.1) is 22.2 Å². The molecule has 0 spiro atoms. The third-order valence-corrected chi connectivity index (χ3v) is 14.9. The maximum absolute atomic E-state index is 14.3. The van der Waals surface area contributed by atoms with E-state index in [1.807, 2.05) is 6.07 Å². The van der Waals surface area contributed by atoms with E-state index in [-0.39, 0.29) is 47.6 Å². The molecule has 1 N–H and O–H groups in total. The molecule has 5 rings (SSSR count). The Kier molecular flexibility index (Phi) is 14.6. The minimum absolute atomic E-state index is 0.0122. The highest BCUT2D eigenvalue weighted by Crippen LogP contribution is 2.39. The Morgan fingerprint density at radius 1 is 0.413 bits per heavy atom. The summed E-state index contributed by atoms with van der Waals surface area (Å²) in [5, 5.41) is -0.0122. The van der Waals surface area contributed by atoms with Crippen molar-refractivity contribution in [2.75, 3.05) is 14.1 Å². The Morgan fingerprint density at radius 3 is 0.889 bits per heavy atom. The summed E-state index contributed by atoms with van der Waals surface area (Å²) in [6, 6.07) is 10.9. The van der Waals surface area contributed by atoms with E-state index in [1.165, 1.54) is 17.5 Å². The summed E-state index contributed by atoms with van der Waals surface area (Å²) < 4.78 is 257. The van der Waals surface area contributed by atoms with Crippen LogP contribution in [-0.4, -0.2) is 26.9 Å². The normalized spacial score (nSPS) is 13.5. The molecule has 23 heteroatoms. The van der Waals surface area contributed by atoms with Crippen LogP contribution in [0.2, 0.25) is 6.04 Å². The largest absolute Gasteiger partial charge is 0.416 e. The molecular formula is C40H30BCl2F18NSi. The molecule has 0 unspecified atom stereocenters. The van der Waals surface area contributed by atoms with Crippen LogP contribution in [0.15, 0.2) is 109 Å². The lowest BCUT2D eigenvalue weighted by Crippen LogP contribution is -3.00. The molecule has 0 bridgehead atoms. The zero-order chi connectivity index (χ0) is 47.9. The molecule has 0 aromatic heterocycles. The molecule has 0 aliphatic carbocycles. The number of para-hydroxylation sites is 1. The number of quaternary nitrogens is 1. The first-order chi connectivity index (χ1) is 28.5. The van der Waals surface area contributed by atoms with E-state index < -0.39 is 123 Å². The minimum Gasteiger partial charge on any atom is -0.307 e. The third kappa shape index (κ3) is 11.9. The maximum atomic E-state index is 14.3. The molecule has 0 radical (unpaired) electrons. The fraction of sp³-hybridized carbons (Fsp3) is 0.250. The van der Waals surface area contributed by atoms with Crippen LogP contribution in [0, 0.1) is 0 Å². The van der Waals surface area contributed by atoms with Crippen molar-refractivity contribution in [1.82, 2.24) is 0 Å². The molecule has 342 valence electrons. The van der Waals surface area contributed by atoms with Crippen LogP contribution >= 0.6 is 22.2 Å². The first kappa shape index (κ1) is 51.3. The SMILES string of the molecule is CC[Si](Cl)(Cl)c1ccc([B-](c2cc(C(F)(F)F)cc(C(F)(F)F)c2)(c2cc(C(F)(F)F)cc(C(F)(F)F)c2)c2cc(C(F)(F)F)cc(C(F)(F)F)c2)cc1.C[NH+](C)c1ccccc1. The fourth-order valence-electron chi connectivity index (χ4n) is 6.83. The number of hydrogen-bond acceptors (Lipinski definition) is 0. The summed E-state index contributed by atoms with van der Waals surface area (Å²) in [6.45, 7) is -2.05. The first-order valence-electron chi connectivity index (χ1n) is 17.9. The van der Waals surface area contributed by atoms with Crippen LogP contribution in [0.4, 0.5) is 84.7 Å². The molecule has 0 heterocycles. The van der Waals surface area contributed by atoms with Crippen molar-refractivity contribution in [3.8, 4) is 0 Å². The van der Waals surface area contributed by atoms with Gasteiger partial charge in [-0.3, -0.25) is 0 Å². The molecule has 1 nitrogen and oxygen atoms in total. The van der Waals surface area contributed by atoms with Crippen molar-refractivity contribution in [2.24, 2.45) is 0 Å². The van der Waals surface area contributed by atoms with E-state index in [4.69, 9.17) is 22.2 Å². The lowest BCUT2D eigenvalue weighted by atomic mass is 9.12. The molecule has 0 aliphatic rings. The van der Waals surface area contributed by atoms with Gasteiger partial charge in [0.05, 0.1) is 47.5 Å². The Morgan fingerprint density at radius 2 is 0.683 bits per heavy atom. The maximum Gasteiger partial charge on any atom is 0.416 e. The number of halogens is 20. The standard InChI is InChI=1S/C32H18BCl2F18Si.C8H11N/c1-2-54(34,35)26-5-3-22(4-6-26)33(23-10-16(27(36,37)38)7-17(11-23)28(39,40)41,24-12-18(29(42,43)44)8-19(13-24)30(45,46)47)25-14-20(31(48,49)50)9-21(15-25)32(51,52)53;1-9(2)8-6-4-3-5-7-8/h3-15H,2H2,1H3;3-7H,1-2H3/q-1;/p+1. The quantitative estimate of drug-likeness (QED) is 0.0942. The topological polar surface area (TPSA) is 4.44 Å². The molecular weight excluding hydrogens is 946 g/mol. The molecule has 0 amide bonds. The van der Waals surface area contributed by atoms with Gasteiger partial charge in [0.1, 0.15) is 11.8 Å². The van der Waals surface area contributed by atoms with Crippen molar-refractivity contribution in [3.63, 3.8) is 0 Å². The minimum atomic E-state index is -5.78. The number of benzene rings is 5.